The Balaban J connectivity index is 1.47. The van der Waals surface area contributed by atoms with Crippen molar-refractivity contribution in [2.45, 2.75) is 27.2 Å². The second-order valence-corrected chi connectivity index (χ2v) is 9.27. The molecule has 0 fully saturated rings. The van der Waals surface area contributed by atoms with Crippen LogP contribution < -0.4 is 5.32 Å². The van der Waals surface area contributed by atoms with E-state index in [0.29, 0.717) is 6.42 Å². The summed E-state index contributed by atoms with van der Waals surface area (Å²) in [5.74, 6) is -0.0423. The standard InChI is InChI=1S/C23H21N3OS2/c1-14-4-6-18(7-5-14)23-21(29-16(3)25-23)12-22(27)26-19-10-8-17(9-11-19)20-13-28-15(2)24-20/h4-11,13H,12H2,1-3H3,(H,26,27). The number of carbonyl (C=O) groups is 1. The fourth-order valence-corrected chi connectivity index (χ4v) is 4.68. The minimum absolute atomic E-state index is 0.0423. The molecular formula is C23H21N3OS2. The summed E-state index contributed by atoms with van der Waals surface area (Å²) < 4.78 is 0. The van der Waals surface area contributed by atoms with E-state index in [4.69, 9.17) is 0 Å². The minimum Gasteiger partial charge on any atom is -0.326 e. The molecule has 1 amide bonds. The van der Waals surface area contributed by atoms with E-state index < -0.39 is 0 Å². The number of aryl methyl sites for hydroxylation is 3. The van der Waals surface area contributed by atoms with Crippen LogP contribution >= 0.6 is 22.7 Å². The molecule has 4 nitrogen and oxygen atoms in total. The second-order valence-electron chi connectivity index (χ2n) is 6.92. The molecule has 2 aromatic carbocycles. The number of anilines is 1. The fourth-order valence-electron chi connectivity index (χ4n) is 3.10. The molecule has 0 aliphatic carbocycles. The zero-order valence-corrected chi connectivity index (χ0v) is 18.2. The highest BCUT2D eigenvalue weighted by Crippen LogP contribution is 2.29. The van der Waals surface area contributed by atoms with Gasteiger partial charge in [0, 0.05) is 27.1 Å². The lowest BCUT2D eigenvalue weighted by Gasteiger charge is -2.07. The van der Waals surface area contributed by atoms with E-state index >= 15 is 0 Å². The van der Waals surface area contributed by atoms with E-state index in [1.54, 1.807) is 22.7 Å². The van der Waals surface area contributed by atoms with Gasteiger partial charge >= 0.3 is 0 Å². The summed E-state index contributed by atoms with van der Waals surface area (Å²) in [5, 5.41) is 7.04. The number of carbonyl (C=O) groups excluding carboxylic acids is 1. The molecule has 146 valence electrons. The van der Waals surface area contributed by atoms with Crippen LogP contribution in [0.5, 0.6) is 0 Å². The van der Waals surface area contributed by atoms with Gasteiger partial charge in [-0.2, -0.15) is 0 Å². The summed E-state index contributed by atoms with van der Waals surface area (Å²) in [6.07, 6.45) is 0.307. The molecule has 0 radical (unpaired) electrons. The molecule has 0 bridgehead atoms. The third-order valence-electron chi connectivity index (χ3n) is 4.53. The summed E-state index contributed by atoms with van der Waals surface area (Å²) in [6.45, 7) is 6.03. The molecule has 4 aromatic rings. The predicted octanol–water partition coefficient (Wildman–Crippen LogP) is 6.04. The molecule has 0 saturated carbocycles. The molecule has 0 aliphatic heterocycles. The van der Waals surface area contributed by atoms with Crippen molar-refractivity contribution in [3.05, 3.63) is 74.4 Å². The van der Waals surface area contributed by atoms with Crippen LogP contribution in [0, 0.1) is 20.8 Å². The number of benzene rings is 2. The van der Waals surface area contributed by atoms with Gasteiger partial charge in [-0.15, -0.1) is 22.7 Å². The summed E-state index contributed by atoms with van der Waals surface area (Å²) in [5.41, 5.74) is 5.95. The van der Waals surface area contributed by atoms with Crippen LogP contribution in [-0.2, 0) is 11.2 Å². The average Bonchev–Trinajstić information content (AvgIpc) is 3.28. The van der Waals surface area contributed by atoms with Crippen LogP contribution in [0.1, 0.15) is 20.5 Å². The zero-order valence-electron chi connectivity index (χ0n) is 16.5. The lowest BCUT2D eigenvalue weighted by Crippen LogP contribution is -2.14. The molecule has 2 aromatic heterocycles. The van der Waals surface area contributed by atoms with Crippen molar-refractivity contribution >= 4 is 34.3 Å². The van der Waals surface area contributed by atoms with Crippen molar-refractivity contribution < 1.29 is 4.79 Å². The van der Waals surface area contributed by atoms with Crippen LogP contribution in [-0.4, -0.2) is 15.9 Å². The molecule has 2 heterocycles. The number of hydrogen-bond acceptors (Lipinski definition) is 5. The average molecular weight is 420 g/mol. The smallest absolute Gasteiger partial charge is 0.229 e. The van der Waals surface area contributed by atoms with Crippen LogP contribution in [0.4, 0.5) is 5.69 Å². The lowest BCUT2D eigenvalue weighted by atomic mass is 10.1. The van der Waals surface area contributed by atoms with Crippen LogP contribution in [0.25, 0.3) is 22.5 Å². The molecule has 1 N–H and O–H groups in total. The van der Waals surface area contributed by atoms with E-state index in [0.717, 1.165) is 43.1 Å². The quantitative estimate of drug-likeness (QED) is 0.429. The van der Waals surface area contributed by atoms with Gasteiger partial charge in [0.25, 0.3) is 0 Å². The summed E-state index contributed by atoms with van der Waals surface area (Å²) in [4.78, 5) is 22.8. The van der Waals surface area contributed by atoms with Crippen molar-refractivity contribution in [2.75, 3.05) is 5.32 Å². The Bertz CT molecular complexity index is 1140. The molecule has 4 rings (SSSR count). The molecule has 0 atom stereocenters. The molecule has 6 heteroatoms. The summed E-state index contributed by atoms with van der Waals surface area (Å²) in [7, 11) is 0. The molecule has 0 saturated heterocycles. The highest BCUT2D eigenvalue weighted by molar-refractivity contribution is 7.12. The Labute approximate surface area is 178 Å². The summed E-state index contributed by atoms with van der Waals surface area (Å²) >= 11 is 3.21. The van der Waals surface area contributed by atoms with Crippen molar-refractivity contribution in [2.24, 2.45) is 0 Å². The normalized spacial score (nSPS) is 10.9. The number of hydrogen-bond donors (Lipinski definition) is 1. The summed E-state index contributed by atoms with van der Waals surface area (Å²) in [6, 6.07) is 16.1. The molecular weight excluding hydrogens is 398 g/mol. The van der Waals surface area contributed by atoms with Crippen molar-refractivity contribution in [3.63, 3.8) is 0 Å². The molecule has 0 spiro atoms. The number of nitrogens with one attached hydrogen (secondary N) is 1. The molecule has 0 unspecified atom stereocenters. The van der Waals surface area contributed by atoms with Gasteiger partial charge in [0.05, 0.1) is 27.8 Å². The Morgan fingerprint density at radius 1 is 0.897 bits per heavy atom. The Hall–Kier alpha value is -2.83. The van der Waals surface area contributed by atoms with Gasteiger partial charge in [-0.1, -0.05) is 42.0 Å². The molecule has 0 aliphatic rings. The SMILES string of the molecule is Cc1ccc(-c2nc(C)sc2CC(=O)Nc2ccc(-c3csc(C)n3)cc2)cc1. The Morgan fingerprint density at radius 3 is 2.24 bits per heavy atom. The van der Waals surface area contributed by atoms with E-state index in [1.165, 1.54) is 5.56 Å². The van der Waals surface area contributed by atoms with Crippen molar-refractivity contribution in [1.29, 1.82) is 0 Å². The maximum Gasteiger partial charge on any atom is 0.229 e. The zero-order chi connectivity index (χ0) is 20.4. The molecule has 29 heavy (non-hydrogen) atoms. The maximum absolute atomic E-state index is 12.6. The Morgan fingerprint density at radius 2 is 1.59 bits per heavy atom. The van der Waals surface area contributed by atoms with E-state index in [2.05, 4.69) is 46.5 Å². The predicted molar refractivity (Wildman–Crippen MR) is 122 cm³/mol. The fraction of sp³-hybridized carbons (Fsp3) is 0.174. The van der Waals surface area contributed by atoms with Gasteiger partial charge in [-0.25, -0.2) is 9.97 Å². The van der Waals surface area contributed by atoms with Crippen LogP contribution in [0.3, 0.4) is 0 Å². The maximum atomic E-state index is 12.6. The van der Waals surface area contributed by atoms with E-state index in [1.807, 2.05) is 43.5 Å². The van der Waals surface area contributed by atoms with E-state index in [-0.39, 0.29) is 5.91 Å². The first-order valence-electron chi connectivity index (χ1n) is 9.34. The van der Waals surface area contributed by atoms with Gasteiger partial charge in [-0.3, -0.25) is 4.79 Å². The van der Waals surface area contributed by atoms with Crippen LogP contribution in [0.15, 0.2) is 53.9 Å². The van der Waals surface area contributed by atoms with Gasteiger partial charge in [0.15, 0.2) is 0 Å². The third kappa shape index (κ3) is 4.60. The third-order valence-corrected chi connectivity index (χ3v) is 6.28. The number of amides is 1. The number of nitrogens with zero attached hydrogens (tertiary/aromatic N) is 2. The van der Waals surface area contributed by atoms with Gasteiger partial charge in [-0.05, 0) is 32.9 Å². The first kappa shape index (κ1) is 19.5. The highest BCUT2D eigenvalue weighted by Gasteiger charge is 2.15. The number of aromatic nitrogens is 2. The van der Waals surface area contributed by atoms with E-state index in [9.17, 15) is 4.79 Å². The lowest BCUT2D eigenvalue weighted by molar-refractivity contribution is -0.115. The number of thiazole rings is 2. The van der Waals surface area contributed by atoms with Gasteiger partial charge in [0.2, 0.25) is 5.91 Å². The van der Waals surface area contributed by atoms with Crippen molar-refractivity contribution in [3.8, 4) is 22.5 Å². The highest BCUT2D eigenvalue weighted by atomic mass is 32.1. The second kappa shape index (κ2) is 8.27. The number of rotatable bonds is 5. The van der Waals surface area contributed by atoms with Crippen LogP contribution in [0.2, 0.25) is 0 Å². The monoisotopic (exact) mass is 419 g/mol. The first-order valence-corrected chi connectivity index (χ1v) is 11.0. The Kier molecular flexibility index (Phi) is 5.56. The minimum atomic E-state index is -0.0423. The largest absolute Gasteiger partial charge is 0.326 e. The van der Waals surface area contributed by atoms with Gasteiger partial charge < -0.3 is 5.32 Å². The first-order chi connectivity index (χ1) is 14.0. The van der Waals surface area contributed by atoms with Gasteiger partial charge in [0.1, 0.15) is 0 Å². The van der Waals surface area contributed by atoms with Crippen molar-refractivity contribution in [1.82, 2.24) is 9.97 Å². The topological polar surface area (TPSA) is 54.9 Å².